The zero-order valence-electron chi connectivity index (χ0n) is 18.7. The van der Waals surface area contributed by atoms with Gasteiger partial charge in [0.25, 0.3) is 0 Å². The van der Waals surface area contributed by atoms with Crippen molar-refractivity contribution >= 4 is 17.7 Å². The van der Waals surface area contributed by atoms with Crippen molar-refractivity contribution in [1.82, 2.24) is 15.5 Å². The normalized spacial score (nSPS) is 20.6. The molecule has 1 aliphatic carbocycles. The predicted octanol–water partition coefficient (Wildman–Crippen LogP) is 2.95. The van der Waals surface area contributed by atoms with Crippen molar-refractivity contribution in [2.45, 2.75) is 70.4 Å². The molecule has 1 heterocycles. The third-order valence-corrected chi connectivity index (χ3v) is 6.37. The first-order valence-electron chi connectivity index (χ1n) is 11.5. The molecular weight excluding hydrogens is 394 g/mol. The molecule has 2 fully saturated rings. The smallest absolute Gasteiger partial charge is 0.225 e. The van der Waals surface area contributed by atoms with Crippen LogP contribution in [0.3, 0.4) is 0 Å². The fraction of sp³-hybridized carbons (Fsp3) is 0.625. The molecule has 7 nitrogen and oxygen atoms in total. The summed E-state index contributed by atoms with van der Waals surface area (Å²) < 4.78 is 5.19. The molecule has 7 heteroatoms. The van der Waals surface area contributed by atoms with Crippen LogP contribution in [0.1, 0.15) is 69.9 Å². The molecule has 2 unspecified atom stereocenters. The van der Waals surface area contributed by atoms with E-state index in [1.165, 1.54) is 26.2 Å². The van der Waals surface area contributed by atoms with Crippen molar-refractivity contribution in [3.05, 3.63) is 29.8 Å². The summed E-state index contributed by atoms with van der Waals surface area (Å²) in [6, 6.07) is 7.24. The first-order chi connectivity index (χ1) is 15.0. The number of carbonyl (C=O) groups is 3. The molecule has 170 valence electrons. The number of ether oxygens (including phenoxy) is 1. The molecule has 1 aromatic rings. The fourth-order valence-electron chi connectivity index (χ4n) is 4.62. The number of amides is 3. The SMILES string of the molecule is COc1ccc(C(CC(=O)N2CCCC(C(=O)NC3CCCCC3)C2)NC(C)=O)cc1. The van der Waals surface area contributed by atoms with Crippen LogP contribution in [-0.2, 0) is 14.4 Å². The summed E-state index contributed by atoms with van der Waals surface area (Å²) in [5, 5.41) is 6.09. The molecule has 3 amide bonds. The average molecular weight is 430 g/mol. The summed E-state index contributed by atoms with van der Waals surface area (Å²) in [6.07, 6.45) is 7.53. The van der Waals surface area contributed by atoms with Crippen molar-refractivity contribution < 1.29 is 19.1 Å². The number of likely N-dealkylation sites (tertiary alicyclic amines) is 1. The van der Waals surface area contributed by atoms with E-state index in [0.717, 1.165) is 37.0 Å². The van der Waals surface area contributed by atoms with Gasteiger partial charge in [0.15, 0.2) is 0 Å². The van der Waals surface area contributed by atoms with E-state index >= 15 is 0 Å². The predicted molar refractivity (Wildman–Crippen MR) is 118 cm³/mol. The van der Waals surface area contributed by atoms with E-state index in [1.807, 2.05) is 24.3 Å². The second kappa shape index (κ2) is 11.2. The van der Waals surface area contributed by atoms with Gasteiger partial charge >= 0.3 is 0 Å². The van der Waals surface area contributed by atoms with Gasteiger partial charge in [0, 0.05) is 26.1 Å². The Morgan fingerprint density at radius 2 is 1.77 bits per heavy atom. The summed E-state index contributed by atoms with van der Waals surface area (Å²) in [6.45, 7) is 2.56. The Morgan fingerprint density at radius 1 is 1.06 bits per heavy atom. The number of carbonyl (C=O) groups excluding carboxylic acids is 3. The second-order valence-corrected chi connectivity index (χ2v) is 8.75. The lowest BCUT2D eigenvalue weighted by Gasteiger charge is -2.34. The molecule has 2 aliphatic rings. The molecule has 3 rings (SSSR count). The average Bonchev–Trinajstić information content (AvgIpc) is 2.79. The maximum absolute atomic E-state index is 13.1. The highest BCUT2D eigenvalue weighted by Gasteiger charge is 2.31. The maximum atomic E-state index is 13.1. The lowest BCUT2D eigenvalue weighted by Crippen LogP contribution is -2.48. The van der Waals surface area contributed by atoms with Gasteiger partial charge in [-0.2, -0.15) is 0 Å². The topological polar surface area (TPSA) is 87.7 Å². The molecule has 1 aliphatic heterocycles. The minimum Gasteiger partial charge on any atom is -0.497 e. The van der Waals surface area contributed by atoms with Gasteiger partial charge in [0.05, 0.1) is 25.5 Å². The third-order valence-electron chi connectivity index (χ3n) is 6.37. The number of rotatable bonds is 7. The highest BCUT2D eigenvalue weighted by Crippen LogP contribution is 2.24. The molecule has 1 aromatic carbocycles. The van der Waals surface area contributed by atoms with E-state index < -0.39 is 6.04 Å². The van der Waals surface area contributed by atoms with Crippen LogP contribution in [0.5, 0.6) is 5.75 Å². The quantitative estimate of drug-likeness (QED) is 0.698. The zero-order valence-corrected chi connectivity index (χ0v) is 18.7. The molecule has 31 heavy (non-hydrogen) atoms. The Bertz CT molecular complexity index is 759. The van der Waals surface area contributed by atoms with Crippen LogP contribution in [0.25, 0.3) is 0 Å². The largest absolute Gasteiger partial charge is 0.497 e. The number of nitrogens with zero attached hydrogens (tertiary/aromatic N) is 1. The Balaban J connectivity index is 1.59. The van der Waals surface area contributed by atoms with Crippen LogP contribution in [0, 0.1) is 5.92 Å². The Morgan fingerprint density at radius 3 is 2.42 bits per heavy atom. The summed E-state index contributed by atoms with van der Waals surface area (Å²) in [5.41, 5.74) is 0.855. The standard InChI is InChI=1S/C24H35N3O4/c1-17(28)25-22(18-10-12-21(31-2)13-11-18)15-23(29)27-14-6-7-19(16-27)24(30)26-20-8-4-3-5-9-20/h10-13,19-20,22H,3-9,14-16H2,1-2H3,(H,25,28)(H,26,30). The van der Waals surface area contributed by atoms with E-state index in [2.05, 4.69) is 10.6 Å². The van der Waals surface area contributed by atoms with Crippen LogP contribution in [0.2, 0.25) is 0 Å². The summed E-state index contributed by atoms with van der Waals surface area (Å²) in [4.78, 5) is 39.3. The van der Waals surface area contributed by atoms with Gasteiger partial charge in [-0.3, -0.25) is 14.4 Å². The van der Waals surface area contributed by atoms with Gasteiger partial charge in [0.2, 0.25) is 17.7 Å². The molecule has 2 atom stereocenters. The summed E-state index contributed by atoms with van der Waals surface area (Å²) in [5.74, 6) is 0.430. The van der Waals surface area contributed by atoms with Crippen molar-refractivity contribution in [1.29, 1.82) is 0 Å². The van der Waals surface area contributed by atoms with Crippen molar-refractivity contribution in [3.63, 3.8) is 0 Å². The first-order valence-corrected chi connectivity index (χ1v) is 11.5. The van der Waals surface area contributed by atoms with E-state index in [0.29, 0.717) is 13.1 Å². The van der Waals surface area contributed by atoms with Crippen LogP contribution in [0.15, 0.2) is 24.3 Å². The Kier molecular flexibility index (Phi) is 8.32. The number of piperidine rings is 1. The van der Waals surface area contributed by atoms with Gasteiger partial charge in [0.1, 0.15) is 5.75 Å². The van der Waals surface area contributed by atoms with Crippen molar-refractivity contribution in [3.8, 4) is 5.75 Å². The minimum atomic E-state index is -0.410. The van der Waals surface area contributed by atoms with Crippen LogP contribution >= 0.6 is 0 Å². The summed E-state index contributed by atoms with van der Waals surface area (Å²) in [7, 11) is 1.60. The van der Waals surface area contributed by atoms with Gasteiger partial charge in [-0.15, -0.1) is 0 Å². The maximum Gasteiger partial charge on any atom is 0.225 e. The molecule has 1 saturated heterocycles. The van der Waals surface area contributed by atoms with Crippen molar-refractivity contribution in [2.24, 2.45) is 5.92 Å². The molecule has 1 saturated carbocycles. The number of hydrogen-bond acceptors (Lipinski definition) is 4. The zero-order chi connectivity index (χ0) is 22.2. The molecule has 0 spiro atoms. The Hall–Kier alpha value is -2.57. The second-order valence-electron chi connectivity index (χ2n) is 8.75. The highest BCUT2D eigenvalue weighted by atomic mass is 16.5. The van der Waals surface area contributed by atoms with Crippen LogP contribution < -0.4 is 15.4 Å². The molecule has 0 bridgehead atoms. The summed E-state index contributed by atoms with van der Waals surface area (Å²) >= 11 is 0. The highest BCUT2D eigenvalue weighted by molar-refractivity contribution is 5.82. The number of hydrogen-bond donors (Lipinski definition) is 2. The number of benzene rings is 1. The van der Waals surface area contributed by atoms with Gasteiger partial charge in [-0.1, -0.05) is 31.4 Å². The van der Waals surface area contributed by atoms with Gasteiger partial charge < -0.3 is 20.3 Å². The van der Waals surface area contributed by atoms with Crippen molar-refractivity contribution in [2.75, 3.05) is 20.2 Å². The van der Waals surface area contributed by atoms with Gasteiger partial charge in [-0.25, -0.2) is 0 Å². The number of nitrogens with one attached hydrogen (secondary N) is 2. The monoisotopic (exact) mass is 429 g/mol. The van der Waals surface area contributed by atoms with Crippen LogP contribution in [0.4, 0.5) is 0 Å². The number of methoxy groups -OCH3 is 1. The Labute approximate surface area is 184 Å². The van der Waals surface area contributed by atoms with E-state index in [9.17, 15) is 14.4 Å². The molecule has 0 aromatic heterocycles. The fourth-order valence-corrected chi connectivity index (χ4v) is 4.62. The molecular formula is C24H35N3O4. The van der Waals surface area contributed by atoms with Gasteiger partial charge in [-0.05, 0) is 43.4 Å². The van der Waals surface area contributed by atoms with Crippen LogP contribution in [-0.4, -0.2) is 48.9 Å². The van der Waals surface area contributed by atoms with E-state index in [4.69, 9.17) is 4.74 Å². The van der Waals surface area contributed by atoms with E-state index in [1.54, 1.807) is 12.0 Å². The lowest BCUT2D eigenvalue weighted by atomic mass is 9.92. The minimum absolute atomic E-state index is 0.0373. The molecule has 0 radical (unpaired) electrons. The third kappa shape index (κ3) is 6.71. The lowest BCUT2D eigenvalue weighted by molar-refractivity contribution is -0.136. The van der Waals surface area contributed by atoms with E-state index in [-0.39, 0.29) is 36.1 Å². The molecule has 2 N–H and O–H groups in total. The first kappa shape index (κ1) is 23.1.